The van der Waals surface area contributed by atoms with E-state index in [0.717, 1.165) is 33.2 Å². The fraction of sp³-hybridized carbons (Fsp3) is 0.222. The van der Waals surface area contributed by atoms with E-state index in [9.17, 15) is 0 Å². The average Bonchev–Trinajstić information content (AvgIpc) is 3.14. The Bertz CT molecular complexity index is 1060. The van der Waals surface area contributed by atoms with Gasteiger partial charge in [0.1, 0.15) is 5.82 Å². The van der Waals surface area contributed by atoms with Crippen LogP contribution >= 0.6 is 0 Å². The Morgan fingerprint density at radius 3 is 2.92 bits per heavy atom. The molecule has 4 aromatic rings. The molecule has 24 heavy (non-hydrogen) atoms. The summed E-state index contributed by atoms with van der Waals surface area (Å²) < 4.78 is 0. The summed E-state index contributed by atoms with van der Waals surface area (Å²) in [5, 5.41) is 12.7. The van der Waals surface area contributed by atoms with Gasteiger partial charge < -0.3 is 5.32 Å². The predicted molar refractivity (Wildman–Crippen MR) is 93.7 cm³/mol. The monoisotopic (exact) mass is 316 g/mol. The van der Waals surface area contributed by atoms with E-state index >= 15 is 0 Å². The Labute approximate surface area is 138 Å². The van der Waals surface area contributed by atoms with Crippen molar-refractivity contribution in [3.8, 4) is 11.4 Å². The number of fused-ring (bicyclic) bond motifs is 2. The van der Waals surface area contributed by atoms with Gasteiger partial charge in [0.2, 0.25) is 0 Å². The Balaban J connectivity index is 1.69. The molecule has 0 unspecified atom stereocenters. The first-order chi connectivity index (χ1) is 11.7. The van der Waals surface area contributed by atoms with E-state index in [0.29, 0.717) is 5.82 Å². The van der Waals surface area contributed by atoms with Gasteiger partial charge in [-0.3, -0.25) is 10.1 Å². The van der Waals surface area contributed by atoms with Gasteiger partial charge >= 0.3 is 0 Å². The SMILES string of the molecule is CC1(Nc2nc(-c3ccc4[nH]ncc4c3)nc3cnccc23)CC1. The molecule has 0 atom stereocenters. The largest absolute Gasteiger partial charge is 0.364 e. The summed E-state index contributed by atoms with van der Waals surface area (Å²) in [6.45, 7) is 2.22. The van der Waals surface area contributed by atoms with Gasteiger partial charge in [-0.05, 0) is 44.0 Å². The summed E-state index contributed by atoms with van der Waals surface area (Å²) in [6.07, 6.45) is 7.71. The number of nitrogens with zero attached hydrogens (tertiary/aromatic N) is 4. The molecular weight excluding hydrogens is 300 g/mol. The highest BCUT2D eigenvalue weighted by molar-refractivity contribution is 5.91. The van der Waals surface area contributed by atoms with E-state index < -0.39 is 0 Å². The summed E-state index contributed by atoms with van der Waals surface area (Å²) in [7, 11) is 0. The average molecular weight is 316 g/mol. The summed E-state index contributed by atoms with van der Waals surface area (Å²) in [4.78, 5) is 13.7. The maximum atomic E-state index is 4.81. The number of hydrogen-bond acceptors (Lipinski definition) is 5. The van der Waals surface area contributed by atoms with E-state index in [2.05, 4.69) is 33.5 Å². The van der Waals surface area contributed by atoms with E-state index in [1.165, 1.54) is 12.8 Å². The van der Waals surface area contributed by atoms with Crippen LogP contribution < -0.4 is 5.32 Å². The molecule has 1 aromatic carbocycles. The molecule has 1 aliphatic carbocycles. The van der Waals surface area contributed by atoms with Crippen molar-refractivity contribution in [3.05, 3.63) is 42.9 Å². The van der Waals surface area contributed by atoms with Crippen molar-refractivity contribution < 1.29 is 0 Å². The smallest absolute Gasteiger partial charge is 0.162 e. The maximum absolute atomic E-state index is 4.81. The van der Waals surface area contributed by atoms with Crippen molar-refractivity contribution in [3.63, 3.8) is 0 Å². The Morgan fingerprint density at radius 1 is 1.12 bits per heavy atom. The first-order valence-electron chi connectivity index (χ1n) is 8.04. The predicted octanol–water partition coefficient (Wildman–Crippen LogP) is 3.53. The van der Waals surface area contributed by atoms with Crippen LogP contribution in [0.25, 0.3) is 33.2 Å². The zero-order valence-corrected chi connectivity index (χ0v) is 13.2. The topological polar surface area (TPSA) is 79.4 Å². The minimum Gasteiger partial charge on any atom is -0.364 e. The van der Waals surface area contributed by atoms with Crippen molar-refractivity contribution in [1.82, 2.24) is 25.1 Å². The summed E-state index contributed by atoms with van der Waals surface area (Å²) >= 11 is 0. The number of nitrogens with one attached hydrogen (secondary N) is 2. The molecule has 2 N–H and O–H groups in total. The van der Waals surface area contributed by atoms with Gasteiger partial charge in [0.05, 0.1) is 23.4 Å². The van der Waals surface area contributed by atoms with Crippen molar-refractivity contribution in [2.45, 2.75) is 25.3 Å². The molecule has 0 bridgehead atoms. The van der Waals surface area contributed by atoms with Gasteiger partial charge in [0, 0.05) is 28.1 Å². The minimum atomic E-state index is 0.149. The van der Waals surface area contributed by atoms with Gasteiger partial charge in [0.15, 0.2) is 5.82 Å². The van der Waals surface area contributed by atoms with Crippen LogP contribution in [0.1, 0.15) is 19.8 Å². The highest BCUT2D eigenvalue weighted by Gasteiger charge is 2.37. The third-order valence-electron chi connectivity index (χ3n) is 4.62. The van der Waals surface area contributed by atoms with E-state index in [1.54, 1.807) is 12.4 Å². The second-order valence-corrected chi connectivity index (χ2v) is 6.65. The second-order valence-electron chi connectivity index (χ2n) is 6.65. The molecule has 118 valence electrons. The summed E-state index contributed by atoms with van der Waals surface area (Å²) in [5.74, 6) is 1.58. The number of rotatable bonds is 3. The van der Waals surface area contributed by atoms with Crippen LogP contribution in [0.4, 0.5) is 5.82 Å². The second kappa shape index (κ2) is 4.74. The Hall–Kier alpha value is -3.02. The van der Waals surface area contributed by atoms with Crippen LogP contribution in [0.3, 0.4) is 0 Å². The molecule has 0 saturated heterocycles. The van der Waals surface area contributed by atoms with Crippen molar-refractivity contribution in [2.24, 2.45) is 0 Å². The molecule has 0 spiro atoms. The highest BCUT2D eigenvalue weighted by Crippen LogP contribution is 2.39. The highest BCUT2D eigenvalue weighted by atomic mass is 15.1. The number of H-pyrrole nitrogens is 1. The lowest BCUT2D eigenvalue weighted by Crippen LogP contribution is -2.17. The van der Waals surface area contributed by atoms with Crippen LogP contribution in [0.5, 0.6) is 0 Å². The molecule has 0 radical (unpaired) electrons. The van der Waals surface area contributed by atoms with E-state index in [4.69, 9.17) is 9.97 Å². The number of aromatic nitrogens is 5. The molecule has 6 heteroatoms. The molecule has 0 aliphatic heterocycles. The first-order valence-corrected chi connectivity index (χ1v) is 8.04. The van der Waals surface area contributed by atoms with Crippen LogP contribution in [0.15, 0.2) is 42.9 Å². The quantitative estimate of drug-likeness (QED) is 0.604. The molecule has 1 saturated carbocycles. The van der Waals surface area contributed by atoms with Gasteiger partial charge in [-0.25, -0.2) is 9.97 Å². The van der Waals surface area contributed by atoms with Gasteiger partial charge in [-0.15, -0.1) is 0 Å². The third-order valence-corrected chi connectivity index (χ3v) is 4.62. The number of benzene rings is 1. The first kappa shape index (κ1) is 13.4. The Morgan fingerprint density at radius 2 is 2.04 bits per heavy atom. The fourth-order valence-electron chi connectivity index (χ4n) is 2.89. The van der Waals surface area contributed by atoms with Crippen LogP contribution in [-0.4, -0.2) is 30.7 Å². The van der Waals surface area contributed by atoms with Crippen molar-refractivity contribution in [1.29, 1.82) is 0 Å². The number of pyridine rings is 1. The van der Waals surface area contributed by atoms with Crippen molar-refractivity contribution >= 4 is 27.6 Å². The number of hydrogen-bond donors (Lipinski definition) is 2. The minimum absolute atomic E-state index is 0.149. The Kier molecular flexibility index (Phi) is 2.65. The molecule has 6 nitrogen and oxygen atoms in total. The van der Waals surface area contributed by atoms with Crippen LogP contribution in [-0.2, 0) is 0 Å². The molecule has 3 heterocycles. The number of aromatic amines is 1. The lowest BCUT2D eigenvalue weighted by atomic mass is 10.1. The van der Waals surface area contributed by atoms with E-state index in [1.807, 2.05) is 24.4 Å². The van der Waals surface area contributed by atoms with E-state index in [-0.39, 0.29) is 5.54 Å². The zero-order valence-electron chi connectivity index (χ0n) is 13.2. The number of anilines is 1. The lowest BCUT2D eigenvalue weighted by molar-refractivity contribution is 0.823. The summed E-state index contributed by atoms with van der Waals surface area (Å²) in [5.41, 5.74) is 2.97. The van der Waals surface area contributed by atoms with Crippen molar-refractivity contribution in [2.75, 3.05) is 5.32 Å². The fourth-order valence-corrected chi connectivity index (χ4v) is 2.89. The van der Waals surface area contributed by atoms with Crippen LogP contribution in [0.2, 0.25) is 0 Å². The van der Waals surface area contributed by atoms with Gasteiger partial charge in [0.25, 0.3) is 0 Å². The van der Waals surface area contributed by atoms with Gasteiger partial charge in [-0.1, -0.05) is 0 Å². The molecule has 0 amide bonds. The third kappa shape index (κ3) is 2.19. The van der Waals surface area contributed by atoms with Crippen LogP contribution in [0, 0.1) is 0 Å². The van der Waals surface area contributed by atoms with Gasteiger partial charge in [-0.2, -0.15) is 5.10 Å². The normalized spacial score (nSPS) is 15.7. The molecule has 5 rings (SSSR count). The molecule has 3 aromatic heterocycles. The summed E-state index contributed by atoms with van der Waals surface area (Å²) in [6, 6.07) is 8.04. The maximum Gasteiger partial charge on any atom is 0.162 e. The standard InChI is InChI=1S/C18H16N6/c1-18(5-6-18)23-17-13-4-7-19-10-15(13)21-16(22-17)11-2-3-14-12(8-11)9-20-24-14/h2-4,7-10H,5-6H2,1H3,(H,20,24)(H,21,22,23). The zero-order chi connectivity index (χ0) is 16.1. The molecule has 1 aliphatic rings. The lowest BCUT2D eigenvalue weighted by Gasteiger charge is -2.15. The molecular formula is C18H16N6. The molecule has 1 fully saturated rings.